The van der Waals surface area contributed by atoms with Crippen molar-refractivity contribution in [1.82, 2.24) is 25.4 Å². The van der Waals surface area contributed by atoms with Gasteiger partial charge in [-0.2, -0.15) is 5.10 Å². The largest absolute Gasteiger partial charge is 0.379 e. The molecule has 2 aromatic rings. The van der Waals surface area contributed by atoms with E-state index in [4.69, 9.17) is 4.74 Å². The van der Waals surface area contributed by atoms with Gasteiger partial charge in [-0.3, -0.25) is 9.48 Å². The highest BCUT2D eigenvalue weighted by molar-refractivity contribution is 5.89. The molecule has 1 heterocycles. The van der Waals surface area contributed by atoms with E-state index in [0.717, 1.165) is 5.69 Å². The van der Waals surface area contributed by atoms with E-state index in [-0.39, 0.29) is 30.0 Å². The molecule has 3 amide bonds. The lowest BCUT2D eigenvalue weighted by Gasteiger charge is -2.35. The maximum atomic E-state index is 12.4. The lowest BCUT2D eigenvalue weighted by atomic mass is 9.83. The molecule has 1 aliphatic rings. The second kappa shape index (κ2) is 9.84. The van der Waals surface area contributed by atoms with Crippen LogP contribution >= 0.6 is 0 Å². The normalized spacial score (nSPS) is 21.7. The van der Waals surface area contributed by atoms with Gasteiger partial charge < -0.3 is 20.7 Å². The molecule has 1 saturated carbocycles. The Morgan fingerprint density at radius 2 is 2.07 bits per heavy atom. The summed E-state index contributed by atoms with van der Waals surface area (Å²) in [6.07, 6.45) is 4.83. The van der Waals surface area contributed by atoms with Gasteiger partial charge >= 0.3 is 6.03 Å². The summed E-state index contributed by atoms with van der Waals surface area (Å²) in [7, 11) is 1.61. The number of methoxy groups -OCH3 is 1. The van der Waals surface area contributed by atoms with Gasteiger partial charge in [-0.1, -0.05) is 18.2 Å². The van der Waals surface area contributed by atoms with Gasteiger partial charge in [0.1, 0.15) is 12.7 Å². The first-order valence-electron chi connectivity index (χ1n) is 9.41. The van der Waals surface area contributed by atoms with Crippen molar-refractivity contribution < 1.29 is 14.3 Å². The minimum atomic E-state index is -0.269. The molecule has 0 bridgehead atoms. The smallest absolute Gasteiger partial charge is 0.319 e. The van der Waals surface area contributed by atoms with Gasteiger partial charge in [0, 0.05) is 25.3 Å². The fourth-order valence-electron chi connectivity index (χ4n) is 3.44. The molecule has 3 N–H and O–H groups in total. The molecule has 9 nitrogen and oxygen atoms in total. The van der Waals surface area contributed by atoms with Crippen LogP contribution in [-0.4, -0.2) is 52.5 Å². The molecule has 1 aromatic carbocycles. The molecule has 1 aromatic heterocycles. The molecular weight excluding hydrogens is 360 g/mol. The summed E-state index contributed by atoms with van der Waals surface area (Å²) in [6.45, 7) is 1.08. The van der Waals surface area contributed by atoms with Crippen LogP contribution in [0.25, 0.3) is 0 Å². The molecule has 1 fully saturated rings. The zero-order valence-corrected chi connectivity index (χ0v) is 15.9. The number of benzene rings is 1. The molecule has 150 valence electrons. The van der Waals surface area contributed by atoms with Crippen LogP contribution in [0.2, 0.25) is 0 Å². The van der Waals surface area contributed by atoms with Crippen LogP contribution < -0.4 is 16.0 Å². The van der Waals surface area contributed by atoms with Crippen LogP contribution in [0.1, 0.15) is 19.3 Å². The van der Waals surface area contributed by atoms with Gasteiger partial charge in [0.05, 0.1) is 18.7 Å². The number of aromatic nitrogens is 3. The topological polar surface area (TPSA) is 110 Å². The van der Waals surface area contributed by atoms with Gasteiger partial charge in [0.15, 0.2) is 0 Å². The second-order valence-corrected chi connectivity index (χ2v) is 6.80. The molecule has 0 spiro atoms. The van der Waals surface area contributed by atoms with Crippen LogP contribution in [0.4, 0.5) is 10.5 Å². The van der Waals surface area contributed by atoms with Gasteiger partial charge in [0.2, 0.25) is 5.91 Å². The number of amides is 3. The number of carbonyl (C=O) groups excluding carboxylic acids is 2. The average Bonchev–Trinajstić information content (AvgIpc) is 3.22. The van der Waals surface area contributed by atoms with Gasteiger partial charge in [-0.05, 0) is 31.4 Å². The standard InChI is InChI=1S/C19H26N6O3/c1-28-17-11-14(18(26)21-9-10-25-13-20-12-22-25)7-8-16(17)24-19(27)23-15-5-3-2-4-6-15/h2-6,12-14,16-17H,7-11H2,1H3,(H,21,26)(H2,23,24,27)/t14-,16+,17+/m0/s1. The number of nitrogens with zero attached hydrogens (tertiary/aromatic N) is 3. The van der Waals surface area contributed by atoms with Crippen molar-refractivity contribution in [3.05, 3.63) is 43.0 Å². The van der Waals surface area contributed by atoms with E-state index in [1.165, 1.54) is 6.33 Å². The molecule has 3 rings (SSSR count). The van der Waals surface area contributed by atoms with E-state index in [1.807, 2.05) is 30.3 Å². The Morgan fingerprint density at radius 3 is 2.79 bits per heavy atom. The summed E-state index contributed by atoms with van der Waals surface area (Å²) < 4.78 is 7.22. The molecule has 28 heavy (non-hydrogen) atoms. The zero-order chi connectivity index (χ0) is 19.8. The summed E-state index contributed by atoms with van der Waals surface area (Å²) >= 11 is 0. The minimum Gasteiger partial charge on any atom is -0.379 e. The Balaban J connectivity index is 1.44. The van der Waals surface area contributed by atoms with Gasteiger partial charge in [0.25, 0.3) is 0 Å². The Kier molecular flexibility index (Phi) is 6.96. The number of hydrogen-bond acceptors (Lipinski definition) is 5. The fraction of sp³-hybridized carbons (Fsp3) is 0.474. The van der Waals surface area contributed by atoms with Crippen LogP contribution in [0, 0.1) is 5.92 Å². The van der Waals surface area contributed by atoms with Crippen LogP contribution in [0.15, 0.2) is 43.0 Å². The Bertz CT molecular complexity index is 752. The Hall–Kier alpha value is -2.94. The highest BCUT2D eigenvalue weighted by Crippen LogP contribution is 2.27. The highest BCUT2D eigenvalue weighted by Gasteiger charge is 2.34. The molecule has 9 heteroatoms. The molecule has 3 atom stereocenters. The van der Waals surface area contributed by atoms with Crippen molar-refractivity contribution in [2.45, 2.75) is 38.0 Å². The van der Waals surface area contributed by atoms with E-state index in [1.54, 1.807) is 18.1 Å². The number of para-hydroxylation sites is 1. The number of nitrogens with one attached hydrogen (secondary N) is 3. The summed E-state index contributed by atoms with van der Waals surface area (Å²) in [5.74, 6) is -0.120. The van der Waals surface area contributed by atoms with Crippen molar-refractivity contribution in [2.24, 2.45) is 5.92 Å². The number of hydrogen-bond donors (Lipinski definition) is 3. The monoisotopic (exact) mass is 386 g/mol. The first kappa shape index (κ1) is 19.8. The average molecular weight is 386 g/mol. The Labute approximate surface area is 163 Å². The lowest BCUT2D eigenvalue weighted by Crippen LogP contribution is -2.50. The van der Waals surface area contributed by atoms with Crippen molar-refractivity contribution >= 4 is 17.6 Å². The first-order chi connectivity index (χ1) is 13.7. The Morgan fingerprint density at radius 1 is 1.25 bits per heavy atom. The molecule has 0 unspecified atom stereocenters. The second-order valence-electron chi connectivity index (χ2n) is 6.80. The maximum Gasteiger partial charge on any atom is 0.319 e. The van der Waals surface area contributed by atoms with Gasteiger partial charge in [-0.15, -0.1) is 0 Å². The maximum absolute atomic E-state index is 12.4. The molecule has 1 aliphatic carbocycles. The third-order valence-electron chi connectivity index (χ3n) is 4.92. The van der Waals surface area contributed by atoms with Crippen molar-refractivity contribution in [3.8, 4) is 0 Å². The summed E-state index contributed by atoms with van der Waals surface area (Å²) in [5, 5.41) is 12.7. The lowest BCUT2D eigenvalue weighted by molar-refractivity contribution is -0.128. The van der Waals surface area contributed by atoms with Gasteiger partial charge in [-0.25, -0.2) is 9.78 Å². The van der Waals surface area contributed by atoms with E-state index in [0.29, 0.717) is 32.4 Å². The van der Waals surface area contributed by atoms with E-state index in [9.17, 15) is 9.59 Å². The number of rotatable bonds is 7. The third-order valence-corrected chi connectivity index (χ3v) is 4.92. The fourth-order valence-corrected chi connectivity index (χ4v) is 3.44. The highest BCUT2D eigenvalue weighted by atomic mass is 16.5. The van der Waals surface area contributed by atoms with Crippen LogP contribution in [-0.2, 0) is 16.1 Å². The van der Waals surface area contributed by atoms with E-state index < -0.39 is 0 Å². The van der Waals surface area contributed by atoms with E-state index in [2.05, 4.69) is 26.0 Å². The number of carbonyl (C=O) groups is 2. The van der Waals surface area contributed by atoms with Crippen LogP contribution in [0.3, 0.4) is 0 Å². The minimum absolute atomic E-state index is 0.00866. The SMILES string of the molecule is CO[C@@H]1C[C@@H](C(=O)NCCn2cncn2)CC[C@H]1NC(=O)Nc1ccccc1. The molecule has 0 radical (unpaired) electrons. The molecule has 0 saturated heterocycles. The third kappa shape index (κ3) is 5.53. The zero-order valence-electron chi connectivity index (χ0n) is 15.9. The number of ether oxygens (including phenoxy) is 1. The molecular formula is C19H26N6O3. The molecule has 0 aliphatic heterocycles. The van der Waals surface area contributed by atoms with Crippen molar-refractivity contribution in [2.75, 3.05) is 19.0 Å². The van der Waals surface area contributed by atoms with Crippen LogP contribution in [0.5, 0.6) is 0 Å². The summed E-state index contributed by atoms with van der Waals surface area (Å²) in [5.41, 5.74) is 0.731. The first-order valence-corrected chi connectivity index (χ1v) is 9.41. The summed E-state index contributed by atoms with van der Waals surface area (Å²) in [6, 6.07) is 8.87. The number of urea groups is 1. The number of anilines is 1. The predicted octanol–water partition coefficient (Wildman–Crippen LogP) is 1.40. The van der Waals surface area contributed by atoms with Crippen molar-refractivity contribution in [3.63, 3.8) is 0 Å². The predicted molar refractivity (Wildman–Crippen MR) is 104 cm³/mol. The quantitative estimate of drug-likeness (QED) is 0.666. The van der Waals surface area contributed by atoms with Crippen molar-refractivity contribution in [1.29, 1.82) is 0 Å². The summed E-state index contributed by atoms with van der Waals surface area (Å²) in [4.78, 5) is 28.6. The van der Waals surface area contributed by atoms with E-state index >= 15 is 0 Å².